The van der Waals surface area contributed by atoms with Gasteiger partial charge in [0.1, 0.15) is 5.75 Å². The minimum absolute atomic E-state index is 0.0666. The van der Waals surface area contributed by atoms with Gasteiger partial charge in [-0.05, 0) is 43.2 Å². The van der Waals surface area contributed by atoms with E-state index in [1.807, 2.05) is 25.1 Å². The second-order valence-corrected chi connectivity index (χ2v) is 7.33. The molecule has 132 valence electrons. The third kappa shape index (κ3) is 3.49. The molecule has 1 aromatic carbocycles. The lowest BCUT2D eigenvalue weighted by Gasteiger charge is -2.14. The van der Waals surface area contributed by atoms with Crippen molar-refractivity contribution in [2.45, 2.75) is 33.6 Å². The van der Waals surface area contributed by atoms with Crippen LogP contribution < -0.4 is 10.3 Å². The Kier molecular flexibility index (Phi) is 5.00. The summed E-state index contributed by atoms with van der Waals surface area (Å²) in [6.07, 6.45) is 3.73. The van der Waals surface area contributed by atoms with Crippen LogP contribution in [0, 0.1) is 12.8 Å². The number of aryl methyl sites for hydroxylation is 2. The Labute approximate surface area is 152 Å². The van der Waals surface area contributed by atoms with Crippen LogP contribution >= 0.6 is 11.6 Å². The van der Waals surface area contributed by atoms with Gasteiger partial charge in [0, 0.05) is 30.4 Å². The highest BCUT2D eigenvalue weighted by molar-refractivity contribution is 6.33. The van der Waals surface area contributed by atoms with Gasteiger partial charge in [-0.1, -0.05) is 25.4 Å². The molecule has 3 aromatic rings. The van der Waals surface area contributed by atoms with Crippen LogP contribution in [0.2, 0.25) is 5.02 Å². The van der Waals surface area contributed by atoms with Crippen molar-refractivity contribution in [3.63, 3.8) is 0 Å². The maximum absolute atomic E-state index is 12.6. The minimum Gasteiger partial charge on any atom is -0.492 e. The lowest BCUT2D eigenvalue weighted by atomic mass is 10.1. The quantitative estimate of drug-likeness (QED) is 0.483. The van der Waals surface area contributed by atoms with Crippen LogP contribution in [0.15, 0.2) is 29.2 Å². The van der Waals surface area contributed by atoms with Crippen LogP contribution in [0.25, 0.3) is 21.7 Å². The van der Waals surface area contributed by atoms with Gasteiger partial charge in [-0.25, -0.2) is 0 Å². The van der Waals surface area contributed by atoms with Crippen LogP contribution in [0.3, 0.4) is 0 Å². The molecule has 5 heteroatoms. The summed E-state index contributed by atoms with van der Waals surface area (Å²) in [5, 5.41) is 2.97. The third-order valence-electron chi connectivity index (χ3n) is 4.46. The van der Waals surface area contributed by atoms with Crippen molar-refractivity contribution in [1.29, 1.82) is 0 Å². The van der Waals surface area contributed by atoms with E-state index < -0.39 is 0 Å². The van der Waals surface area contributed by atoms with Crippen molar-refractivity contribution in [1.82, 2.24) is 9.55 Å². The van der Waals surface area contributed by atoms with Crippen LogP contribution in [-0.4, -0.2) is 16.2 Å². The van der Waals surface area contributed by atoms with E-state index >= 15 is 0 Å². The molecule has 3 rings (SSSR count). The van der Waals surface area contributed by atoms with Gasteiger partial charge >= 0.3 is 0 Å². The molecule has 0 aliphatic carbocycles. The fourth-order valence-electron chi connectivity index (χ4n) is 3.06. The van der Waals surface area contributed by atoms with Gasteiger partial charge in [-0.3, -0.25) is 9.78 Å². The van der Waals surface area contributed by atoms with Gasteiger partial charge < -0.3 is 9.30 Å². The van der Waals surface area contributed by atoms with Gasteiger partial charge in [0.05, 0.1) is 22.5 Å². The largest absolute Gasteiger partial charge is 0.492 e. The Balaban J connectivity index is 2.09. The molecule has 0 aliphatic heterocycles. The van der Waals surface area contributed by atoms with E-state index in [4.69, 9.17) is 16.3 Å². The number of aromatic nitrogens is 2. The Hall–Kier alpha value is -2.07. The first-order chi connectivity index (χ1) is 11.9. The Morgan fingerprint density at radius 1 is 1.20 bits per heavy atom. The molecular weight excluding hydrogens is 336 g/mol. The number of ether oxygens (including phenoxy) is 1. The topological polar surface area (TPSA) is 44.1 Å². The highest BCUT2D eigenvalue weighted by Crippen LogP contribution is 2.33. The number of hydrogen-bond acceptors (Lipinski definition) is 3. The lowest BCUT2D eigenvalue weighted by molar-refractivity contribution is 0.298. The Morgan fingerprint density at radius 3 is 2.68 bits per heavy atom. The van der Waals surface area contributed by atoms with Crippen molar-refractivity contribution < 1.29 is 4.74 Å². The summed E-state index contributed by atoms with van der Waals surface area (Å²) < 4.78 is 7.50. The Morgan fingerprint density at radius 2 is 1.96 bits per heavy atom. The predicted octanol–water partition coefficient (Wildman–Crippen LogP) is 4.86. The number of rotatable bonds is 5. The summed E-state index contributed by atoms with van der Waals surface area (Å²) in [6, 6.07) is 5.68. The summed E-state index contributed by atoms with van der Waals surface area (Å²) in [5.41, 5.74) is 1.61. The molecule has 0 amide bonds. The van der Waals surface area contributed by atoms with Crippen LogP contribution in [0.1, 0.15) is 32.4 Å². The summed E-state index contributed by atoms with van der Waals surface area (Å²) in [6.45, 7) is 6.92. The molecule has 0 aliphatic rings. The van der Waals surface area contributed by atoms with Crippen LogP contribution in [-0.2, 0) is 7.05 Å². The third-order valence-corrected chi connectivity index (χ3v) is 4.76. The molecular formula is C20H23ClN2O2. The predicted molar refractivity (Wildman–Crippen MR) is 104 cm³/mol. The average Bonchev–Trinajstić information content (AvgIpc) is 2.57. The zero-order valence-electron chi connectivity index (χ0n) is 15.1. The first kappa shape index (κ1) is 17.7. The molecule has 25 heavy (non-hydrogen) atoms. The van der Waals surface area contributed by atoms with E-state index in [2.05, 4.69) is 18.8 Å². The number of benzene rings is 1. The minimum atomic E-state index is -0.0666. The molecule has 0 radical (unpaired) electrons. The molecule has 2 heterocycles. The molecule has 0 spiro atoms. The monoisotopic (exact) mass is 358 g/mol. The van der Waals surface area contributed by atoms with E-state index in [1.165, 1.54) is 0 Å². The normalized spacial score (nSPS) is 11.6. The maximum Gasteiger partial charge on any atom is 0.260 e. The van der Waals surface area contributed by atoms with Gasteiger partial charge in [-0.15, -0.1) is 0 Å². The van der Waals surface area contributed by atoms with E-state index in [1.54, 1.807) is 17.8 Å². The van der Waals surface area contributed by atoms with Gasteiger partial charge in [-0.2, -0.15) is 0 Å². The highest BCUT2D eigenvalue weighted by Gasteiger charge is 2.13. The molecule has 0 fully saturated rings. The van der Waals surface area contributed by atoms with Crippen molar-refractivity contribution >= 4 is 33.3 Å². The first-order valence-electron chi connectivity index (χ1n) is 8.60. The van der Waals surface area contributed by atoms with Gasteiger partial charge in [0.2, 0.25) is 0 Å². The summed E-state index contributed by atoms with van der Waals surface area (Å²) in [5.74, 6) is 1.28. The number of fused-ring (bicyclic) bond motifs is 3. The number of pyridine rings is 2. The van der Waals surface area contributed by atoms with Crippen molar-refractivity contribution in [2.75, 3.05) is 6.61 Å². The molecule has 0 atom stereocenters. The lowest BCUT2D eigenvalue weighted by Crippen LogP contribution is -2.17. The van der Waals surface area contributed by atoms with Crippen LogP contribution in [0.5, 0.6) is 5.75 Å². The van der Waals surface area contributed by atoms with Crippen molar-refractivity contribution in [3.05, 3.63) is 45.5 Å². The number of nitrogens with zero attached hydrogens (tertiary/aromatic N) is 2. The zero-order valence-corrected chi connectivity index (χ0v) is 15.9. The maximum atomic E-state index is 12.6. The second-order valence-electron chi connectivity index (χ2n) is 6.92. The average molecular weight is 359 g/mol. The fourth-order valence-corrected chi connectivity index (χ4v) is 3.28. The molecule has 0 saturated carbocycles. The second kappa shape index (κ2) is 7.04. The molecule has 0 unspecified atom stereocenters. The van der Waals surface area contributed by atoms with Gasteiger partial charge in [0.15, 0.2) is 0 Å². The summed E-state index contributed by atoms with van der Waals surface area (Å²) in [7, 11) is 1.76. The van der Waals surface area contributed by atoms with Crippen LogP contribution in [0.4, 0.5) is 0 Å². The standard InChI is InChI=1S/C20H23ClN2O2/c1-12(2)6-5-7-25-19-10-18-15(9-17(19)21)14-8-13(3)22-11-16(14)20(24)23(18)4/h8-12H,5-7H2,1-4H3. The number of halogens is 1. The van der Waals surface area contributed by atoms with E-state index in [9.17, 15) is 4.79 Å². The van der Waals surface area contributed by atoms with Crippen molar-refractivity contribution in [2.24, 2.45) is 13.0 Å². The zero-order chi connectivity index (χ0) is 18.1. The summed E-state index contributed by atoms with van der Waals surface area (Å²) in [4.78, 5) is 16.9. The Bertz CT molecular complexity index is 993. The van der Waals surface area contributed by atoms with E-state index in [0.717, 1.165) is 34.8 Å². The van der Waals surface area contributed by atoms with Crippen molar-refractivity contribution in [3.8, 4) is 5.75 Å². The molecule has 0 saturated heterocycles. The number of hydrogen-bond donors (Lipinski definition) is 0. The SMILES string of the molecule is Cc1cc2c(cn1)c(=O)n(C)c1cc(OCCCC(C)C)c(Cl)cc21. The summed E-state index contributed by atoms with van der Waals surface area (Å²) >= 11 is 6.45. The highest BCUT2D eigenvalue weighted by atomic mass is 35.5. The molecule has 0 bridgehead atoms. The smallest absolute Gasteiger partial charge is 0.260 e. The molecule has 0 N–H and O–H groups in total. The molecule has 4 nitrogen and oxygen atoms in total. The molecule has 2 aromatic heterocycles. The first-order valence-corrected chi connectivity index (χ1v) is 8.97. The fraction of sp³-hybridized carbons (Fsp3) is 0.400. The van der Waals surface area contributed by atoms with E-state index in [0.29, 0.717) is 28.7 Å². The van der Waals surface area contributed by atoms with Gasteiger partial charge in [0.25, 0.3) is 5.56 Å². The van der Waals surface area contributed by atoms with E-state index in [-0.39, 0.29) is 5.56 Å².